The van der Waals surface area contributed by atoms with E-state index in [1.54, 1.807) is 22.0 Å². The molecule has 3 aromatic rings. The van der Waals surface area contributed by atoms with Crippen LogP contribution in [0.15, 0.2) is 52.9 Å². The normalized spacial score (nSPS) is 13.6. The average Bonchev–Trinajstić information content (AvgIpc) is 2.95. The fourth-order valence-corrected chi connectivity index (χ4v) is 5.92. The van der Waals surface area contributed by atoms with Crippen molar-refractivity contribution in [3.05, 3.63) is 69.3 Å². The largest absolute Gasteiger partial charge is 0.351 e. The number of aromatic nitrogens is 2. The van der Waals surface area contributed by atoms with E-state index in [0.717, 1.165) is 35.0 Å². The smallest absolute Gasteiger partial charge is 0.263 e. The van der Waals surface area contributed by atoms with Crippen LogP contribution in [-0.4, -0.2) is 21.2 Å². The number of fused-ring (bicyclic) bond motifs is 3. The number of amides is 1. The molecule has 0 saturated heterocycles. The molecule has 0 atom stereocenters. The van der Waals surface area contributed by atoms with Crippen LogP contribution in [0.3, 0.4) is 0 Å². The number of thioether (sulfide) groups is 1. The molecule has 5 nitrogen and oxygen atoms in total. The van der Waals surface area contributed by atoms with E-state index in [4.69, 9.17) is 4.98 Å². The van der Waals surface area contributed by atoms with Gasteiger partial charge in [0.05, 0.1) is 11.1 Å². The van der Waals surface area contributed by atoms with E-state index in [1.807, 2.05) is 30.3 Å². The van der Waals surface area contributed by atoms with Crippen molar-refractivity contribution in [2.24, 2.45) is 0 Å². The van der Waals surface area contributed by atoms with Crippen molar-refractivity contribution in [1.82, 2.24) is 14.9 Å². The summed E-state index contributed by atoms with van der Waals surface area (Å²) in [5, 5.41) is 4.28. The number of carbonyl (C=O) groups excluding carboxylic acids is 1. The first-order chi connectivity index (χ1) is 14.7. The number of nitrogens with zero attached hydrogens (tertiary/aromatic N) is 2. The summed E-state index contributed by atoms with van der Waals surface area (Å²) in [7, 11) is 0. The molecule has 0 unspecified atom stereocenters. The lowest BCUT2D eigenvalue weighted by atomic mass is 10.1. The van der Waals surface area contributed by atoms with E-state index in [9.17, 15) is 9.59 Å². The highest BCUT2D eigenvalue weighted by atomic mass is 32.2. The molecule has 30 heavy (non-hydrogen) atoms. The Morgan fingerprint density at radius 2 is 2.03 bits per heavy atom. The summed E-state index contributed by atoms with van der Waals surface area (Å²) in [6.07, 6.45) is 7.20. The van der Waals surface area contributed by atoms with E-state index in [1.165, 1.54) is 35.0 Å². The van der Waals surface area contributed by atoms with E-state index in [2.05, 4.69) is 11.9 Å². The topological polar surface area (TPSA) is 64.0 Å². The second-order valence-electron chi connectivity index (χ2n) is 7.39. The fourth-order valence-electron chi connectivity index (χ4n) is 3.77. The summed E-state index contributed by atoms with van der Waals surface area (Å²) >= 11 is 2.95. The van der Waals surface area contributed by atoms with E-state index in [0.29, 0.717) is 18.2 Å². The SMILES string of the molecule is C=CCn1c(SCC(=O)NCc2ccccc2)nc2sc3c(c2c1=O)CCCCC3. The summed E-state index contributed by atoms with van der Waals surface area (Å²) in [5.41, 5.74) is 2.24. The molecule has 2 aromatic heterocycles. The summed E-state index contributed by atoms with van der Waals surface area (Å²) in [4.78, 5) is 32.6. The molecule has 0 bridgehead atoms. The Labute approximate surface area is 184 Å². The molecule has 0 fully saturated rings. The number of rotatable bonds is 7. The molecule has 1 N–H and O–H groups in total. The van der Waals surface area contributed by atoms with E-state index in [-0.39, 0.29) is 17.2 Å². The number of allylic oxidation sites excluding steroid dienone is 1. The van der Waals surface area contributed by atoms with Gasteiger partial charge in [-0.1, -0.05) is 54.6 Å². The van der Waals surface area contributed by atoms with Crippen molar-refractivity contribution in [2.45, 2.75) is 50.4 Å². The number of carbonyl (C=O) groups is 1. The Hall–Kier alpha value is -2.38. The first-order valence-electron chi connectivity index (χ1n) is 10.3. The molecular formula is C23H25N3O2S2. The first kappa shape index (κ1) is 20.9. The number of hydrogen-bond donors (Lipinski definition) is 1. The van der Waals surface area contributed by atoms with Crippen molar-refractivity contribution in [3.63, 3.8) is 0 Å². The van der Waals surface area contributed by atoms with Crippen LogP contribution in [-0.2, 0) is 30.7 Å². The van der Waals surface area contributed by atoms with Gasteiger partial charge in [0.15, 0.2) is 5.16 Å². The summed E-state index contributed by atoms with van der Waals surface area (Å²) < 4.78 is 1.66. The third-order valence-corrected chi connectivity index (χ3v) is 7.43. The molecule has 2 heterocycles. The standard InChI is InChI=1S/C23H25N3O2S2/c1-2-13-26-22(28)20-17-11-7-4-8-12-18(17)30-21(20)25-23(26)29-15-19(27)24-14-16-9-5-3-6-10-16/h2-3,5-6,9-10H,1,4,7-8,11-15H2,(H,24,27). The van der Waals surface area contributed by atoms with Crippen molar-refractivity contribution in [3.8, 4) is 0 Å². The van der Waals surface area contributed by atoms with E-state index >= 15 is 0 Å². The maximum absolute atomic E-state index is 13.3. The van der Waals surface area contributed by atoms with Gasteiger partial charge < -0.3 is 5.32 Å². The molecule has 156 valence electrons. The second-order valence-corrected chi connectivity index (χ2v) is 9.42. The Morgan fingerprint density at radius 1 is 1.23 bits per heavy atom. The molecule has 0 saturated carbocycles. The van der Waals surface area contributed by atoms with Crippen LogP contribution in [0.1, 0.15) is 35.3 Å². The van der Waals surface area contributed by atoms with Crippen LogP contribution in [0.4, 0.5) is 0 Å². The third-order valence-electron chi connectivity index (χ3n) is 5.27. The Bertz CT molecular complexity index is 1120. The zero-order valence-electron chi connectivity index (χ0n) is 16.9. The number of hydrogen-bond acceptors (Lipinski definition) is 5. The minimum atomic E-state index is -0.0784. The zero-order chi connectivity index (χ0) is 20.9. The Morgan fingerprint density at radius 3 is 2.83 bits per heavy atom. The predicted octanol–water partition coefficient (Wildman–Crippen LogP) is 4.32. The molecule has 0 spiro atoms. The molecular weight excluding hydrogens is 414 g/mol. The number of aryl methyl sites for hydroxylation is 2. The molecule has 4 rings (SSSR count). The molecule has 0 radical (unpaired) electrons. The van der Waals surface area contributed by atoms with Gasteiger partial charge in [0.1, 0.15) is 4.83 Å². The van der Waals surface area contributed by atoms with Gasteiger partial charge in [-0.05, 0) is 36.8 Å². The van der Waals surface area contributed by atoms with E-state index < -0.39 is 0 Å². The molecule has 7 heteroatoms. The fraction of sp³-hybridized carbons (Fsp3) is 0.348. The van der Waals surface area contributed by atoms with Gasteiger partial charge in [-0.2, -0.15) is 0 Å². The number of nitrogens with one attached hydrogen (secondary N) is 1. The second kappa shape index (κ2) is 9.62. The van der Waals surface area contributed by atoms with Gasteiger partial charge in [0, 0.05) is 18.0 Å². The minimum Gasteiger partial charge on any atom is -0.351 e. The van der Waals surface area contributed by atoms with Crippen LogP contribution in [0.25, 0.3) is 10.2 Å². The van der Waals surface area contributed by atoms with Gasteiger partial charge in [-0.3, -0.25) is 14.2 Å². The number of thiophene rings is 1. The van der Waals surface area contributed by atoms with Crippen molar-refractivity contribution in [2.75, 3.05) is 5.75 Å². The van der Waals surface area contributed by atoms with Gasteiger partial charge in [0.2, 0.25) is 5.91 Å². The lowest BCUT2D eigenvalue weighted by molar-refractivity contribution is -0.118. The van der Waals surface area contributed by atoms with Crippen LogP contribution in [0.2, 0.25) is 0 Å². The highest BCUT2D eigenvalue weighted by Gasteiger charge is 2.21. The highest BCUT2D eigenvalue weighted by molar-refractivity contribution is 7.99. The van der Waals surface area contributed by atoms with Crippen LogP contribution < -0.4 is 10.9 Å². The maximum Gasteiger partial charge on any atom is 0.263 e. The summed E-state index contributed by atoms with van der Waals surface area (Å²) in [6, 6.07) is 9.81. The molecule has 1 aliphatic carbocycles. The van der Waals surface area contributed by atoms with Gasteiger partial charge in [-0.25, -0.2) is 4.98 Å². The molecule has 1 aromatic carbocycles. The lowest BCUT2D eigenvalue weighted by Crippen LogP contribution is -2.26. The Kier molecular flexibility index (Phi) is 6.69. The monoisotopic (exact) mass is 439 g/mol. The Balaban J connectivity index is 1.55. The van der Waals surface area contributed by atoms with Crippen molar-refractivity contribution in [1.29, 1.82) is 0 Å². The van der Waals surface area contributed by atoms with Gasteiger partial charge >= 0.3 is 0 Å². The van der Waals surface area contributed by atoms with Gasteiger partial charge in [-0.15, -0.1) is 17.9 Å². The van der Waals surface area contributed by atoms with Crippen molar-refractivity contribution < 1.29 is 4.79 Å². The van der Waals surface area contributed by atoms with Crippen molar-refractivity contribution >= 4 is 39.2 Å². The lowest BCUT2D eigenvalue weighted by Gasteiger charge is -2.11. The molecule has 1 amide bonds. The first-order valence-corrected chi connectivity index (χ1v) is 12.1. The third kappa shape index (κ3) is 4.52. The number of benzene rings is 1. The zero-order valence-corrected chi connectivity index (χ0v) is 18.5. The predicted molar refractivity (Wildman–Crippen MR) is 124 cm³/mol. The molecule has 0 aliphatic heterocycles. The average molecular weight is 440 g/mol. The van der Waals surface area contributed by atoms with Crippen LogP contribution in [0, 0.1) is 0 Å². The maximum atomic E-state index is 13.3. The molecule has 1 aliphatic rings. The van der Waals surface area contributed by atoms with Crippen LogP contribution >= 0.6 is 23.1 Å². The quantitative estimate of drug-likeness (QED) is 0.258. The van der Waals surface area contributed by atoms with Crippen LogP contribution in [0.5, 0.6) is 0 Å². The minimum absolute atomic E-state index is 0.00788. The summed E-state index contributed by atoms with van der Waals surface area (Å²) in [5.74, 6) is 0.137. The highest BCUT2D eigenvalue weighted by Crippen LogP contribution is 2.34. The summed E-state index contributed by atoms with van der Waals surface area (Å²) in [6.45, 7) is 4.67. The van der Waals surface area contributed by atoms with Gasteiger partial charge in [0.25, 0.3) is 5.56 Å².